The smallest absolute Gasteiger partial charge is 0.233 e. The number of nitrogens with zero attached hydrogens (tertiary/aromatic N) is 1. The Balaban J connectivity index is 1.83. The second-order valence-electron chi connectivity index (χ2n) is 5.42. The van der Waals surface area contributed by atoms with Crippen LogP contribution >= 0.6 is 0 Å². The molecule has 0 saturated carbocycles. The third kappa shape index (κ3) is 4.87. The van der Waals surface area contributed by atoms with E-state index < -0.39 is 0 Å². The highest BCUT2D eigenvalue weighted by Gasteiger charge is 2.19. The summed E-state index contributed by atoms with van der Waals surface area (Å²) in [5, 5.41) is 5.34. The highest BCUT2D eigenvalue weighted by Crippen LogP contribution is 2.14. The molecule has 1 aromatic rings. The largest absolute Gasteiger partial charge is 0.342 e. The number of benzene rings is 1. The zero-order chi connectivity index (χ0) is 15.9. The maximum atomic E-state index is 12.0. The molecule has 118 valence electrons. The standard InChI is InChI=1S/C16H21N3O3/c1-12(20)17-13-5-7-14(8-6-13)18-15(21)11-16(22)19-9-3-2-4-10-19/h5-8H,2-4,9-11H2,1H3,(H,17,20)(H,18,21). The van der Waals surface area contributed by atoms with Gasteiger partial charge in [-0.2, -0.15) is 0 Å². The van der Waals surface area contributed by atoms with Crippen LogP contribution in [0.15, 0.2) is 24.3 Å². The van der Waals surface area contributed by atoms with Crippen LogP contribution in [0, 0.1) is 0 Å². The molecule has 1 aliphatic rings. The van der Waals surface area contributed by atoms with Gasteiger partial charge in [-0.05, 0) is 43.5 Å². The zero-order valence-corrected chi connectivity index (χ0v) is 12.7. The van der Waals surface area contributed by atoms with E-state index in [1.807, 2.05) is 0 Å². The first-order chi connectivity index (χ1) is 10.5. The van der Waals surface area contributed by atoms with Gasteiger partial charge in [0.05, 0.1) is 0 Å². The molecular formula is C16H21N3O3. The number of hydrogen-bond acceptors (Lipinski definition) is 3. The fourth-order valence-electron chi connectivity index (χ4n) is 2.44. The molecule has 22 heavy (non-hydrogen) atoms. The lowest BCUT2D eigenvalue weighted by Crippen LogP contribution is -2.37. The molecule has 0 aromatic heterocycles. The Morgan fingerprint density at radius 2 is 1.50 bits per heavy atom. The fourth-order valence-corrected chi connectivity index (χ4v) is 2.44. The molecule has 0 aliphatic carbocycles. The molecule has 1 aromatic carbocycles. The van der Waals surface area contributed by atoms with Gasteiger partial charge in [-0.1, -0.05) is 0 Å². The molecule has 1 fully saturated rings. The first-order valence-electron chi connectivity index (χ1n) is 7.50. The molecular weight excluding hydrogens is 282 g/mol. The minimum absolute atomic E-state index is 0.118. The van der Waals surface area contributed by atoms with Gasteiger partial charge in [-0.25, -0.2) is 0 Å². The highest BCUT2D eigenvalue weighted by atomic mass is 16.2. The third-order valence-electron chi connectivity index (χ3n) is 3.51. The molecule has 0 bridgehead atoms. The SMILES string of the molecule is CC(=O)Nc1ccc(NC(=O)CC(=O)N2CCCCC2)cc1. The lowest BCUT2D eigenvalue weighted by Gasteiger charge is -2.26. The van der Waals surface area contributed by atoms with E-state index in [4.69, 9.17) is 0 Å². The van der Waals surface area contributed by atoms with Crippen LogP contribution in [0.1, 0.15) is 32.6 Å². The van der Waals surface area contributed by atoms with E-state index in [1.54, 1.807) is 29.2 Å². The van der Waals surface area contributed by atoms with Crippen molar-refractivity contribution in [3.05, 3.63) is 24.3 Å². The Kier molecular flexibility index (Phi) is 5.52. The second kappa shape index (κ2) is 7.59. The number of anilines is 2. The topological polar surface area (TPSA) is 78.5 Å². The Bertz CT molecular complexity index is 548. The maximum Gasteiger partial charge on any atom is 0.233 e. The number of rotatable bonds is 4. The maximum absolute atomic E-state index is 12.0. The predicted molar refractivity (Wildman–Crippen MR) is 84.4 cm³/mol. The van der Waals surface area contributed by atoms with Crippen molar-refractivity contribution < 1.29 is 14.4 Å². The molecule has 1 aliphatic heterocycles. The molecule has 0 spiro atoms. The molecule has 0 atom stereocenters. The summed E-state index contributed by atoms with van der Waals surface area (Å²) in [6, 6.07) is 6.77. The van der Waals surface area contributed by atoms with E-state index >= 15 is 0 Å². The van der Waals surface area contributed by atoms with Gasteiger partial charge in [0, 0.05) is 31.4 Å². The van der Waals surface area contributed by atoms with Crippen LogP contribution < -0.4 is 10.6 Å². The Morgan fingerprint density at radius 1 is 0.955 bits per heavy atom. The molecule has 0 radical (unpaired) electrons. The van der Waals surface area contributed by atoms with Gasteiger partial charge >= 0.3 is 0 Å². The van der Waals surface area contributed by atoms with Crippen molar-refractivity contribution in [2.24, 2.45) is 0 Å². The van der Waals surface area contributed by atoms with Gasteiger partial charge < -0.3 is 15.5 Å². The fraction of sp³-hybridized carbons (Fsp3) is 0.438. The van der Waals surface area contributed by atoms with Crippen LogP contribution in [-0.2, 0) is 14.4 Å². The molecule has 2 N–H and O–H groups in total. The van der Waals surface area contributed by atoms with Crippen molar-refractivity contribution in [1.29, 1.82) is 0 Å². The summed E-state index contributed by atoms with van der Waals surface area (Å²) in [5.41, 5.74) is 1.26. The molecule has 1 heterocycles. The number of carbonyl (C=O) groups is 3. The van der Waals surface area contributed by atoms with Gasteiger partial charge in [0.2, 0.25) is 17.7 Å². The van der Waals surface area contributed by atoms with Gasteiger partial charge in [-0.15, -0.1) is 0 Å². The molecule has 6 heteroatoms. The van der Waals surface area contributed by atoms with Gasteiger partial charge in [0.15, 0.2) is 0 Å². The van der Waals surface area contributed by atoms with Gasteiger partial charge in [0.1, 0.15) is 6.42 Å². The van der Waals surface area contributed by atoms with E-state index in [1.165, 1.54) is 6.92 Å². The Morgan fingerprint density at radius 3 is 2.05 bits per heavy atom. The molecule has 3 amide bonds. The summed E-state index contributed by atoms with van der Waals surface area (Å²) >= 11 is 0. The van der Waals surface area contributed by atoms with Crippen molar-refractivity contribution in [1.82, 2.24) is 4.90 Å². The van der Waals surface area contributed by atoms with Crippen LogP contribution in [0.4, 0.5) is 11.4 Å². The lowest BCUT2D eigenvalue weighted by molar-refractivity contribution is -0.135. The molecule has 0 unspecified atom stereocenters. The minimum Gasteiger partial charge on any atom is -0.342 e. The summed E-state index contributed by atoms with van der Waals surface area (Å²) in [6.07, 6.45) is 3.04. The van der Waals surface area contributed by atoms with Crippen LogP contribution in [0.2, 0.25) is 0 Å². The van der Waals surface area contributed by atoms with Crippen molar-refractivity contribution in [3.63, 3.8) is 0 Å². The Hall–Kier alpha value is -2.37. The predicted octanol–water partition coefficient (Wildman–Crippen LogP) is 1.99. The normalized spacial score (nSPS) is 14.3. The summed E-state index contributed by atoms with van der Waals surface area (Å²) in [7, 11) is 0. The molecule has 1 saturated heterocycles. The molecule has 6 nitrogen and oxygen atoms in total. The second-order valence-corrected chi connectivity index (χ2v) is 5.42. The van der Waals surface area contributed by atoms with Crippen molar-refractivity contribution in [3.8, 4) is 0 Å². The van der Waals surface area contributed by atoms with E-state index in [-0.39, 0.29) is 24.1 Å². The number of piperidine rings is 1. The van der Waals surface area contributed by atoms with Crippen molar-refractivity contribution in [2.75, 3.05) is 23.7 Å². The summed E-state index contributed by atoms with van der Waals surface area (Å²) in [6.45, 7) is 2.93. The average Bonchev–Trinajstić information content (AvgIpc) is 2.49. The van der Waals surface area contributed by atoms with Gasteiger partial charge in [-0.3, -0.25) is 14.4 Å². The number of amides is 3. The first-order valence-corrected chi connectivity index (χ1v) is 7.50. The van der Waals surface area contributed by atoms with Crippen LogP contribution in [-0.4, -0.2) is 35.7 Å². The van der Waals surface area contributed by atoms with E-state index in [0.717, 1.165) is 32.4 Å². The number of hydrogen-bond donors (Lipinski definition) is 2. The Labute approximate surface area is 129 Å². The quantitative estimate of drug-likeness (QED) is 0.835. The van der Waals surface area contributed by atoms with E-state index in [9.17, 15) is 14.4 Å². The first kappa shape index (κ1) is 16.0. The highest BCUT2D eigenvalue weighted by molar-refractivity contribution is 6.03. The van der Waals surface area contributed by atoms with Crippen molar-refractivity contribution >= 4 is 29.1 Å². The zero-order valence-electron chi connectivity index (χ0n) is 12.7. The van der Waals surface area contributed by atoms with Crippen LogP contribution in [0.5, 0.6) is 0 Å². The van der Waals surface area contributed by atoms with Crippen molar-refractivity contribution in [2.45, 2.75) is 32.6 Å². The summed E-state index contributed by atoms with van der Waals surface area (Å²) in [4.78, 5) is 36.6. The van der Waals surface area contributed by atoms with Gasteiger partial charge in [0.25, 0.3) is 0 Å². The third-order valence-corrected chi connectivity index (χ3v) is 3.51. The summed E-state index contributed by atoms with van der Waals surface area (Å²) in [5.74, 6) is -0.584. The van der Waals surface area contributed by atoms with E-state index in [0.29, 0.717) is 11.4 Å². The minimum atomic E-state index is -0.317. The number of nitrogens with one attached hydrogen (secondary N) is 2. The average molecular weight is 303 g/mol. The number of carbonyl (C=O) groups excluding carboxylic acids is 3. The van der Waals surface area contributed by atoms with Crippen LogP contribution in [0.3, 0.4) is 0 Å². The lowest BCUT2D eigenvalue weighted by atomic mass is 10.1. The molecule has 2 rings (SSSR count). The summed E-state index contributed by atoms with van der Waals surface area (Å²) < 4.78 is 0. The monoisotopic (exact) mass is 303 g/mol. The van der Waals surface area contributed by atoms with E-state index in [2.05, 4.69) is 10.6 Å². The van der Waals surface area contributed by atoms with Crippen LogP contribution in [0.25, 0.3) is 0 Å². The number of likely N-dealkylation sites (tertiary alicyclic amines) is 1.